The van der Waals surface area contributed by atoms with Crippen molar-refractivity contribution in [1.82, 2.24) is 4.57 Å². The zero-order valence-electron chi connectivity index (χ0n) is 14.1. The van der Waals surface area contributed by atoms with Gasteiger partial charge in [-0.2, -0.15) is 0 Å². The average molecular weight is 528 g/mol. The molecular formula is C20H17BrClIN2. The maximum atomic E-state index is 6.14. The summed E-state index contributed by atoms with van der Waals surface area (Å²) in [7, 11) is 0. The molecule has 3 rings (SSSR count). The second-order valence-electron chi connectivity index (χ2n) is 5.95. The minimum atomic E-state index is 0.662. The Morgan fingerprint density at radius 3 is 2.52 bits per heavy atom. The maximum Gasteiger partial charge on any atom is 0.0645 e. The molecule has 0 unspecified atom stereocenters. The third kappa shape index (κ3) is 4.01. The Balaban J connectivity index is 1.97. The van der Waals surface area contributed by atoms with Crippen molar-refractivity contribution in [2.45, 2.75) is 20.8 Å². The van der Waals surface area contributed by atoms with Gasteiger partial charge in [0, 0.05) is 36.9 Å². The number of benzene rings is 2. The molecule has 3 aromatic rings. The van der Waals surface area contributed by atoms with Crippen molar-refractivity contribution in [2.24, 2.45) is 4.99 Å². The van der Waals surface area contributed by atoms with Gasteiger partial charge in [0.25, 0.3) is 0 Å². The van der Waals surface area contributed by atoms with Crippen LogP contribution in [0.3, 0.4) is 0 Å². The summed E-state index contributed by atoms with van der Waals surface area (Å²) in [5.41, 5.74) is 6.76. The van der Waals surface area contributed by atoms with Crippen molar-refractivity contribution >= 4 is 62.0 Å². The molecule has 0 aliphatic heterocycles. The maximum absolute atomic E-state index is 6.14. The third-order valence-electron chi connectivity index (χ3n) is 4.13. The number of rotatable bonds is 3. The second kappa shape index (κ2) is 7.64. The number of aromatic nitrogens is 1. The lowest BCUT2D eigenvalue weighted by Gasteiger charge is -2.11. The zero-order chi connectivity index (χ0) is 18.1. The van der Waals surface area contributed by atoms with Gasteiger partial charge in [0.05, 0.1) is 10.7 Å². The molecule has 1 heterocycles. The van der Waals surface area contributed by atoms with Gasteiger partial charge in [0.15, 0.2) is 0 Å². The molecule has 0 amide bonds. The van der Waals surface area contributed by atoms with E-state index in [2.05, 4.69) is 93.1 Å². The van der Waals surface area contributed by atoms with E-state index in [0.717, 1.165) is 15.7 Å². The summed E-state index contributed by atoms with van der Waals surface area (Å²) in [4.78, 5) is 4.57. The van der Waals surface area contributed by atoms with Gasteiger partial charge in [0.1, 0.15) is 0 Å². The molecule has 0 saturated carbocycles. The highest BCUT2D eigenvalue weighted by Gasteiger charge is 2.10. The van der Waals surface area contributed by atoms with Gasteiger partial charge in [-0.3, -0.25) is 4.99 Å². The molecule has 0 atom stereocenters. The van der Waals surface area contributed by atoms with E-state index in [-0.39, 0.29) is 0 Å². The van der Waals surface area contributed by atoms with Gasteiger partial charge < -0.3 is 4.57 Å². The fourth-order valence-corrected chi connectivity index (χ4v) is 3.55. The largest absolute Gasteiger partial charge is 0.318 e. The topological polar surface area (TPSA) is 17.3 Å². The molecule has 0 radical (unpaired) electrons. The van der Waals surface area contributed by atoms with E-state index in [1.165, 1.54) is 26.2 Å². The lowest BCUT2D eigenvalue weighted by molar-refractivity contribution is 0.962. The molecule has 0 aliphatic carbocycles. The molecule has 25 heavy (non-hydrogen) atoms. The summed E-state index contributed by atoms with van der Waals surface area (Å²) in [5.74, 6) is 0. The number of nitrogens with zero attached hydrogens (tertiary/aromatic N) is 2. The minimum absolute atomic E-state index is 0.662. The van der Waals surface area contributed by atoms with Gasteiger partial charge >= 0.3 is 0 Å². The Bertz CT molecular complexity index is 976. The SMILES string of the molecule is Cc1cc(-n2c(C)cc(C=Nc3ccc(Br)c(Cl)c3)c2C)ccc1I. The number of aliphatic imine (C=N–C) groups is 1. The Hall–Kier alpha value is -1.11. The van der Waals surface area contributed by atoms with Crippen LogP contribution in [0.5, 0.6) is 0 Å². The van der Waals surface area contributed by atoms with Crippen molar-refractivity contribution < 1.29 is 0 Å². The van der Waals surface area contributed by atoms with Gasteiger partial charge in [-0.15, -0.1) is 0 Å². The van der Waals surface area contributed by atoms with E-state index in [4.69, 9.17) is 11.6 Å². The first kappa shape index (κ1) is 18.7. The second-order valence-corrected chi connectivity index (χ2v) is 8.38. The Morgan fingerprint density at radius 1 is 1.08 bits per heavy atom. The molecule has 0 aliphatic rings. The standard InChI is InChI=1S/C20H17BrClIN2/c1-12-8-17(5-7-20(12)23)25-13(2)9-15(14(25)3)11-24-16-4-6-18(21)19(22)10-16/h4-11H,1-3H3. The van der Waals surface area contributed by atoms with Crippen LogP contribution in [0.25, 0.3) is 5.69 Å². The normalized spacial score (nSPS) is 11.4. The van der Waals surface area contributed by atoms with Crippen LogP contribution >= 0.6 is 50.1 Å². The molecule has 1 aromatic heterocycles. The van der Waals surface area contributed by atoms with Crippen LogP contribution in [-0.4, -0.2) is 10.8 Å². The van der Waals surface area contributed by atoms with E-state index < -0.39 is 0 Å². The van der Waals surface area contributed by atoms with Crippen LogP contribution in [0.2, 0.25) is 5.02 Å². The summed E-state index contributed by atoms with van der Waals surface area (Å²) in [6.45, 7) is 6.38. The Kier molecular flexibility index (Phi) is 5.71. The van der Waals surface area contributed by atoms with Crippen molar-refractivity contribution in [2.75, 3.05) is 0 Å². The molecule has 0 spiro atoms. The van der Waals surface area contributed by atoms with Crippen LogP contribution in [-0.2, 0) is 0 Å². The van der Waals surface area contributed by atoms with Crippen molar-refractivity contribution in [3.63, 3.8) is 0 Å². The Labute approximate surface area is 175 Å². The molecule has 0 bridgehead atoms. The van der Waals surface area contributed by atoms with Gasteiger partial charge in [-0.05, 0) is 107 Å². The van der Waals surface area contributed by atoms with Crippen molar-refractivity contribution in [3.8, 4) is 5.69 Å². The number of aryl methyl sites for hydroxylation is 2. The van der Waals surface area contributed by atoms with Crippen LogP contribution < -0.4 is 0 Å². The van der Waals surface area contributed by atoms with Gasteiger partial charge in [-0.1, -0.05) is 11.6 Å². The van der Waals surface area contributed by atoms with Crippen LogP contribution in [0, 0.1) is 24.3 Å². The van der Waals surface area contributed by atoms with Crippen LogP contribution in [0.4, 0.5) is 5.69 Å². The summed E-state index contributed by atoms with van der Waals surface area (Å²) >= 11 is 11.9. The van der Waals surface area contributed by atoms with E-state index in [1.54, 1.807) is 0 Å². The molecule has 128 valence electrons. The summed E-state index contributed by atoms with van der Waals surface area (Å²) in [6, 6.07) is 14.4. The quantitative estimate of drug-likeness (QED) is 0.254. The van der Waals surface area contributed by atoms with E-state index in [9.17, 15) is 0 Å². The van der Waals surface area contributed by atoms with Crippen LogP contribution in [0.15, 0.2) is 51.9 Å². The lowest BCUT2D eigenvalue weighted by Crippen LogP contribution is -2.00. The first-order chi connectivity index (χ1) is 11.9. The highest BCUT2D eigenvalue weighted by Crippen LogP contribution is 2.27. The molecular weight excluding hydrogens is 510 g/mol. The monoisotopic (exact) mass is 526 g/mol. The number of hydrogen-bond acceptors (Lipinski definition) is 1. The van der Waals surface area contributed by atoms with E-state index in [1.807, 2.05) is 24.4 Å². The predicted octanol–water partition coefficient (Wildman–Crippen LogP) is 7.17. The highest BCUT2D eigenvalue weighted by atomic mass is 127. The van der Waals surface area contributed by atoms with E-state index in [0.29, 0.717) is 5.02 Å². The summed E-state index contributed by atoms with van der Waals surface area (Å²) in [5, 5.41) is 0.662. The van der Waals surface area contributed by atoms with Crippen molar-refractivity contribution in [1.29, 1.82) is 0 Å². The third-order valence-corrected chi connectivity index (χ3v) is 6.57. The van der Waals surface area contributed by atoms with Gasteiger partial charge in [0.2, 0.25) is 0 Å². The number of hydrogen-bond donors (Lipinski definition) is 0. The van der Waals surface area contributed by atoms with E-state index >= 15 is 0 Å². The Morgan fingerprint density at radius 2 is 1.84 bits per heavy atom. The summed E-state index contributed by atoms with van der Waals surface area (Å²) < 4.78 is 4.41. The minimum Gasteiger partial charge on any atom is -0.318 e. The summed E-state index contributed by atoms with van der Waals surface area (Å²) in [6.07, 6.45) is 1.90. The van der Waals surface area contributed by atoms with Gasteiger partial charge in [-0.25, -0.2) is 0 Å². The smallest absolute Gasteiger partial charge is 0.0645 e. The molecule has 0 N–H and O–H groups in total. The molecule has 0 saturated heterocycles. The number of halogens is 3. The van der Waals surface area contributed by atoms with Crippen molar-refractivity contribution in [3.05, 3.63) is 78.0 Å². The fourth-order valence-electron chi connectivity index (χ4n) is 2.79. The zero-order valence-corrected chi connectivity index (χ0v) is 18.6. The predicted molar refractivity (Wildman–Crippen MR) is 119 cm³/mol. The fraction of sp³-hybridized carbons (Fsp3) is 0.150. The molecule has 5 heteroatoms. The first-order valence-corrected chi connectivity index (χ1v) is 10.1. The lowest BCUT2D eigenvalue weighted by atomic mass is 10.2. The molecule has 0 fully saturated rings. The average Bonchev–Trinajstić information content (AvgIpc) is 2.85. The first-order valence-electron chi connectivity index (χ1n) is 7.81. The van der Waals surface area contributed by atoms with Crippen LogP contribution in [0.1, 0.15) is 22.5 Å². The molecule has 2 aromatic carbocycles. The highest BCUT2D eigenvalue weighted by molar-refractivity contribution is 14.1. The molecule has 2 nitrogen and oxygen atoms in total.